The molecule has 0 aromatic heterocycles. The molecule has 0 spiro atoms. The van der Waals surface area contributed by atoms with Crippen molar-refractivity contribution in [1.82, 2.24) is 0 Å². The summed E-state index contributed by atoms with van der Waals surface area (Å²) in [4.78, 5) is 0.910. The van der Waals surface area contributed by atoms with E-state index in [0.29, 0.717) is 11.4 Å². The number of rotatable bonds is 3. The van der Waals surface area contributed by atoms with E-state index in [2.05, 4.69) is 15.9 Å². The van der Waals surface area contributed by atoms with Crippen molar-refractivity contribution in [3.8, 4) is 0 Å². The standard InChI is InChI=1S/C14H11BrF3NS/c15-11-5-6-13(12(19)7-11)20-8-9-1-3-10(4-2-9)14(16,17)18/h1-7H,8,19H2. The van der Waals surface area contributed by atoms with Gasteiger partial charge in [0.2, 0.25) is 0 Å². The monoisotopic (exact) mass is 361 g/mol. The molecule has 0 aliphatic heterocycles. The Kier molecular flexibility index (Phi) is 4.65. The molecular formula is C14H11BrF3NS. The molecule has 2 aromatic carbocycles. The molecule has 0 aliphatic carbocycles. The van der Waals surface area contributed by atoms with Gasteiger partial charge in [-0.15, -0.1) is 11.8 Å². The van der Waals surface area contributed by atoms with Gasteiger partial charge in [-0.3, -0.25) is 0 Å². The average molecular weight is 362 g/mol. The van der Waals surface area contributed by atoms with Gasteiger partial charge < -0.3 is 5.73 Å². The average Bonchev–Trinajstić information content (AvgIpc) is 2.37. The minimum Gasteiger partial charge on any atom is -0.398 e. The van der Waals surface area contributed by atoms with E-state index in [-0.39, 0.29) is 0 Å². The molecule has 0 bridgehead atoms. The van der Waals surface area contributed by atoms with E-state index in [1.54, 1.807) is 6.07 Å². The molecule has 6 heteroatoms. The van der Waals surface area contributed by atoms with Crippen molar-refractivity contribution in [3.63, 3.8) is 0 Å². The highest BCUT2D eigenvalue weighted by Gasteiger charge is 2.29. The molecule has 0 fully saturated rings. The third kappa shape index (κ3) is 3.93. The van der Waals surface area contributed by atoms with Crippen molar-refractivity contribution >= 4 is 33.4 Å². The molecule has 0 atom stereocenters. The van der Waals surface area contributed by atoms with Gasteiger partial charge in [0.15, 0.2) is 0 Å². The Morgan fingerprint density at radius 1 is 1.05 bits per heavy atom. The van der Waals surface area contributed by atoms with Crippen molar-refractivity contribution in [3.05, 3.63) is 58.1 Å². The smallest absolute Gasteiger partial charge is 0.398 e. The van der Waals surface area contributed by atoms with E-state index >= 15 is 0 Å². The molecule has 2 aromatic rings. The Hall–Kier alpha value is -1.14. The van der Waals surface area contributed by atoms with Crippen molar-refractivity contribution in [2.24, 2.45) is 0 Å². The summed E-state index contributed by atoms with van der Waals surface area (Å²) < 4.78 is 38.2. The van der Waals surface area contributed by atoms with Crippen molar-refractivity contribution in [2.75, 3.05) is 5.73 Å². The summed E-state index contributed by atoms with van der Waals surface area (Å²) in [5.41, 5.74) is 6.71. The molecule has 0 saturated heterocycles. The Morgan fingerprint density at radius 2 is 1.70 bits per heavy atom. The van der Waals surface area contributed by atoms with Crippen LogP contribution in [0.25, 0.3) is 0 Å². The fourth-order valence-corrected chi connectivity index (χ4v) is 2.89. The largest absolute Gasteiger partial charge is 0.416 e. The minimum absolute atomic E-state index is 0.573. The summed E-state index contributed by atoms with van der Waals surface area (Å²) in [7, 11) is 0. The lowest BCUT2D eigenvalue weighted by Gasteiger charge is -2.08. The minimum atomic E-state index is -4.29. The number of nitrogen functional groups attached to an aromatic ring is 1. The summed E-state index contributed by atoms with van der Waals surface area (Å²) in [5, 5.41) is 0. The summed E-state index contributed by atoms with van der Waals surface area (Å²) in [6.45, 7) is 0. The number of benzene rings is 2. The van der Waals surface area contributed by atoms with Gasteiger partial charge in [0.1, 0.15) is 0 Å². The molecule has 1 nitrogen and oxygen atoms in total. The summed E-state index contributed by atoms with van der Waals surface area (Å²) >= 11 is 4.82. The van der Waals surface area contributed by atoms with Gasteiger partial charge >= 0.3 is 6.18 Å². The molecule has 0 heterocycles. The fraction of sp³-hybridized carbons (Fsp3) is 0.143. The van der Waals surface area contributed by atoms with Crippen LogP contribution in [0.2, 0.25) is 0 Å². The van der Waals surface area contributed by atoms with Crippen molar-refractivity contribution < 1.29 is 13.2 Å². The first-order valence-corrected chi connectivity index (χ1v) is 7.48. The van der Waals surface area contributed by atoms with Gasteiger partial charge in [-0.05, 0) is 35.9 Å². The van der Waals surface area contributed by atoms with Gasteiger partial charge in [0.25, 0.3) is 0 Å². The molecule has 0 unspecified atom stereocenters. The second-order valence-corrected chi connectivity index (χ2v) is 6.10. The molecule has 2 rings (SSSR count). The maximum absolute atomic E-state index is 12.4. The van der Waals surface area contributed by atoms with E-state index in [4.69, 9.17) is 5.73 Å². The summed E-state index contributed by atoms with van der Waals surface area (Å²) in [6.07, 6.45) is -4.29. The molecule has 2 N–H and O–H groups in total. The molecule has 0 aliphatic rings. The Balaban J connectivity index is 2.04. The topological polar surface area (TPSA) is 26.0 Å². The van der Waals surface area contributed by atoms with Gasteiger partial charge in [-0.1, -0.05) is 28.1 Å². The third-order valence-electron chi connectivity index (χ3n) is 2.65. The van der Waals surface area contributed by atoms with Crippen LogP contribution in [-0.4, -0.2) is 0 Å². The van der Waals surface area contributed by atoms with Gasteiger partial charge in [0.05, 0.1) is 5.56 Å². The van der Waals surface area contributed by atoms with Gasteiger partial charge in [0, 0.05) is 20.8 Å². The lowest BCUT2D eigenvalue weighted by atomic mass is 10.1. The summed E-state index contributed by atoms with van der Waals surface area (Å²) in [6, 6.07) is 10.7. The predicted octanol–water partition coefficient (Wildman–Crippen LogP) is 5.34. The second kappa shape index (κ2) is 6.10. The van der Waals surface area contributed by atoms with E-state index in [1.807, 2.05) is 12.1 Å². The first-order chi connectivity index (χ1) is 9.36. The lowest BCUT2D eigenvalue weighted by molar-refractivity contribution is -0.137. The molecule has 0 radical (unpaired) electrons. The maximum Gasteiger partial charge on any atom is 0.416 e. The zero-order chi connectivity index (χ0) is 14.8. The van der Waals surface area contributed by atoms with Crippen LogP contribution in [0.3, 0.4) is 0 Å². The summed E-state index contributed by atoms with van der Waals surface area (Å²) in [5.74, 6) is 0.573. The predicted molar refractivity (Wildman–Crippen MR) is 79.6 cm³/mol. The lowest BCUT2D eigenvalue weighted by Crippen LogP contribution is -2.04. The highest BCUT2D eigenvalue weighted by molar-refractivity contribution is 9.10. The molecule has 20 heavy (non-hydrogen) atoms. The number of alkyl halides is 3. The Morgan fingerprint density at radius 3 is 2.25 bits per heavy atom. The first-order valence-electron chi connectivity index (χ1n) is 5.70. The van der Waals surface area contributed by atoms with Crippen LogP contribution in [0.5, 0.6) is 0 Å². The van der Waals surface area contributed by atoms with Gasteiger partial charge in [-0.25, -0.2) is 0 Å². The molecule has 0 amide bonds. The second-order valence-electron chi connectivity index (χ2n) is 4.17. The van der Waals surface area contributed by atoms with E-state index in [1.165, 1.54) is 23.9 Å². The highest BCUT2D eigenvalue weighted by Crippen LogP contribution is 2.32. The number of hydrogen-bond donors (Lipinski definition) is 1. The molecular weight excluding hydrogens is 351 g/mol. The van der Waals surface area contributed by atoms with E-state index in [9.17, 15) is 13.2 Å². The quantitative estimate of drug-likeness (QED) is 0.589. The SMILES string of the molecule is Nc1cc(Br)ccc1SCc1ccc(C(F)(F)F)cc1. The maximum atomic E-state index is 12.4. The third-order valence-corrected chi connectivity index (χ3v) is 4.30. The Bertz CT molecular complexity index is 596. The number of hydrogen-bond acceptors (Lipinski definition) is 2. The highest BCUT2D eigenvalue weighted by atomic mass is 79.9. The van der Waals surface area contributed by atoms with Crippen LogP contribution in [0, 0.1) is 0 Å². The van der Waals surface area contributed by atoms with Gasteiger partial charge in [-0.2, -0.15) is 13.2 Å². The molecule has 0 saturated carbocycles. The fourth-order valence-electron chi connectivity index (χ4n) is 1.60. The first kappa shape index (κ1) is 15.3. The van der Waals surface area contributed by atoms with E-state index < -0.39 is 11.7 Å². The van der Waals surface area contributed by atoms with Crippen molar-refractivity contribution in [2.45, 2.75) is 16.8 Å². The number of halogens is 4. The molecule has 106 valence electrons. The van der Waals surface area contributed by atoms with E-state index in [0.717, 1.165) is 27.1 Å². The zero-order valence-corrected chi connectivity index (χ0v) is 12.6. The van der Waals surface area contributed by atoms with Crippen LogP contribution >= 0.6 is 27.7 Å². The number of anilines is 1. The van der Waals surface area contributed by atoms with Crippen LogP contribution in [0.1, 0.15) is 11.1 Å². The Labute approximate surface area is 127 Å². The number of thioether (sulfide) groups is 1. The van der Waals surface area contributed by atoms with Crippen LogP contribution < -0.4 is 5.73 Å². The zero-order valence-electron chi connectivity index (χ0n) is 10.2. The van der Waals surface area contributed by atoms with Crippen LogP contribution in [-0.2, 0) is 11.9 Å². The van der Waals surface area contributed by atoms with Crippen molar-refractivity contribution in [1.29, 1.82) is 0 Å². The van der Waals surface area contributed by atoms with Crippen LogP contribution in [0.4, 0.5) is 18.9 Å². The number of nitrogens with two attached hydrogens (primary N) is 1. The van der Waals surface area contributed by atoms with Crippen LogP contribution in [0.15, 0.2) is 51.8 Å². The normalized spacial score (nSPS) is 11.6.